The van der Waals surface area contributed by atoms with E-state index >= 15 is 0 Å². The van der Waals surface area contributed by atoms with Gasteiger partial charge in [-0.1, -0.05) is 6.07 Å². The van der Waals surface area contributed by atoms with E-state index in [9.17, 15) is 13.2 Å². The average molecular weight is 400 g/mol. The lowest BCUT2D eigenvalue weighted by atomic mass is 9.49. The Bertz CT molecular complexity index is 927. The minimum atomic E-state index is -3.23. The number of sulfone groups is 1. The van der Waals surface area contributed by atoms with Gasteiger partial charge in [-0.25, -0.2) is 8.42 Å². The number of anilines is 1. The van der Waals surface area contributed by atoms with Gasteiger partial charge in [0.15, 0.2) is 9.84 Å². The first-order valence-corrected chi connectivity index (χ1v) is 12.3. The minimum Gasteiger partial charge on any atom is -0.304 e. The molecular formula is C23H29NO3S. The molecule has 0 radical (unpaired) electrons. The Kier molecular flexibility index (Phi) is 4.07. The Labute approximate surface area is 167 Å². The van der Waals surface area contributed by atoms with Crippen molar-refractivity contribution in [2.75, 3.05) is 10.7 Å². The van der Waals surface area contributed by atoms with Crippen LogP contribution in [0.1, 0.15) is 49.7 Å². The van der Waals surface area contributed by atoms with E-state index < -0.39 is 15.9 Å². The molecule has 4 aliphatic carbocycles. The molecule has 0 saturated heterocycles. The van der Waals surface area contributed by atoms with Gasteiger partial charge in [0.25, 0.3) is 0 Å². The van der Waals surface area contributed by atoms with Crippen molar-refractivity contribution in [2.45, 2.75) is 58.4 Å². The number of amides is 1. The highest BCUT2D eigenvalue weighted by atomic mass is 32.2. The summed E-state index contributed by atoms with van der Waals surface area (Å²) < 4.78 is 24.3. The molecule has 4 fully saturated rings. The van der Waals surface area contributed by atoms with Gasteiger partial charge < -0.3 is 4.90 Å². The van der Waals surface area contributed by atoms with Crippen molar-refractivity contribution in [3.8, 4) is 0 Å². The highest BCUT2D eigenvalue weighted by molar-refractivity contribution is 7.94. The molecule has 5 heteroatoms. The topological polar surface area (TPSA) is 54.5 Å². The Morgan fingerprint density at radius 3 is 2.11 bits per heavy atom. The molecule has 1 amide bonds. The van der Waals surface area contributed by atoms with E-state index in [0.29, 0.717) is 17.8 Å². The maximum atomic E-state index is 14.1. The SMILES string of the molecule is Cc1ccc(N(C(=O)C23CC4CC(CC(C4)C2)C3)[C@@H]2C=CS(=O)(=O)C2)cc1C. The molecule has 28 heavy (non-hydrogen) atoms. The number of hydrogen-bond donors (Lipinski definition) is 0. The molecule has 4 bridgehead atoms. The van der Waals surface area contributed by atoms with Crippen LogP contribution in [0.3, 0.4) is 0 Å². The number of carbonyl (C=O) groups excluding carboxylic acids is 1. The van der Waals surface area contributed by atoms with Crippen molar-refractivity contribution in [1.29, 1.82) is 0 Å². The molecule has 1 aromatic rings. The third-order valence-electron chi connectivity index (χ3n) is 7.72. The third-order valence-corrected chi connectivity index (χ3v) is 9.10. The van der Waals surface area contributed by atoms with Gasteiger partial charge in [-0.3, -0.25) is 4.79 Å². The third kappa shape index (κ3) is 2.94. The van der Waals surface area contributed by atoms with Gasteiger partial charge in [0.1, 0.15) is 0 Å². The number of hydrogen-bond acceptors (Lipinski definition) is 3. The second kappa shape index (κ2) is 6.19. The zero-order chi connectivity index (χ0) is 19.7. The fourth-order valence-electron chi connectivity index (χ4n) is 6.68. The molecular weight excluding hydrogens is 370 g/mol. The summed E-state index contributed by atoms with van der Waals surface area (Å²) in [5.41, 5.74) is 2.87. The van der Waals surface area contributed by atoms with Crippen LogP contribution in [0, 0.1) is 37.0 Å². The maximum absolute atomic E-state index is 14.1. The van der Waals surface area contributed by atoms with Gasteiger partial charge >= 0.3 is 0 Å². The molecule has 1 heterocycles. The molecule has 0 spiro atoms. The number of aryl methyl sites for hydroxylation is 2. The van der Waals surface area contributed by atoms with Crippen LogP contribution < -0.4 is 4.90 Å². The molecule has 4 saturated carbocycles. The van der Waals surface area contributed by atoms with E-state index in [-0.39, 0.29) is 17.1 Å². The Hall–Kier alpha value is -1.62. The van der Waals surface area contributed by atoms with Crippen molar-refractivity contribution >= 4 is 21.4 Å². The summed E-state index contributed by atoms with van der Waals surface area (Å²) >= 11 is 0. The normalized spacial score (nSPS) is 37.4. The van der Waals surface area contributed by atoms with Gasteiger partial charge in [0.2, 0.25) is 5.91 Å². The fourth-order valence-corrected chi connectivity index (χ4v) is 7.95. The molecule has 1 aromatic carbocycles. The first-order chi connectivity index (χ1) is 13.2. The number of rotatable bonds is 3. The van der Waals surface area contributed by atoms with Gasteiger partial charge in [-0.15, -0.1) is 0 Å². The van der Waals surface area contributed by atoms with E-state index in [0.717, 1.165) is 30.5 Å². The van der Waals surface area contributed by atoms with Crippen molar-refractivity contribution in [1.82, 2.24) is 0 Å². The average Bonchev–Trinajstić information content (AvgIpc) is 2.96. The second-order valence-corrected chi connectivity index (χ2v) is 11.8. The van der Waals surface area contributed by atoms with Gasteiger partial charge in [0, 0.05) is 11.1 Å². The van der Waals surface area contributed by atoms with Crippen LogP contribution in [-0.4, -0.2) is 26.1 Å². The summed E-state index contributed by atoms with van der Waals surface area (Å²) in [4.78, 5) is 15.9. The number of benzene rings is 1. The zero-order valence-electron chi connectivity index (χ0n) is 16.7. The Morgan fingerprint density at radius 2 is 1.61 bits per heavy atom. The van der Waals surface area contributed by atoms with E-state index in [4.69, 9.17) is 0 Å². The van der Waals surface area contributed by atoms with Crippen LogP contribution in [-0.2, 0) is 14.6 Å². The van der Waals surface area contributed by atoms with E-state index in [1.807, 2.05) is 30.0 Å². The van der Waals surface area contributed by atoms with Gasteiger partial charge in [-0.05, 0) is 99.5 Å². The molecule has 5 aliphatic rings. The fraction of sp³-hybridized carbons (Fsp3) is 0.609. The predicted molar refractivity (Wildman–Crippen MR) is 111 cm³/mol. The molecule has 6 rings (SSSR count). The highest BCUT2D eigenvalue weighted by Crippen LogP contribution is 2.61. The summed E-state index contributed by atoms with van der Waals surface area (Å²) in [5.74, 6) is 2.21. The van der Waals surface area contributed by atoms with Crippen molar-refractivity contribution in [2.24, 2.45) is 23.2 Å². The van der Waals surface area contributed by atoms with Crippen molar-refractivity contribution in [3.63, 3.8) is 0 Å². The molecule has 150 valence electrons. The summed E-state index contributed by atoms with van der Waals surface area (Å²) in [5, 5.41) is 1.29. The quantitative estimate of drug-likeness (QED) is 0.767. The molecule has 1 aliphatic heterocycles. The summed E-state index contributed by atoms with van der Waals surface area (Å²) in [6.07, 6.45) is 8.53. The largest absolute Gasteiger partial charge is 0.304 e. The predicted octanol–water partition coefficient (Wildman–Crippen LogP) is 4.16. The minimum absolute atomic E-state index is 0.00195. The standard InChI is InChI=1S/C23H29NO3S/c1-15-3-4-20(7-16(15)2)24(21-5-6-28(26,27)14-21)22(25)23-11-17-8-18(12-23)10-19(9-17)13-23/h3-7,17-19,21H,8-14H2,1-2H3/t17?,18?,19?,21-,23?/m1/s1. The van der Waals surface area contributed by atoms with Crippen molar-refractivity contribution in [3.05, 3.63) is 40.8 Å². The molecule has 4 nitrogen and oxygen atoms in total. The van der Waals surface area contributed by atoms with Gasteiger partial charge in [-0.2, -0.15) is 0 Å². The first kappa shape index (κ1) is 18.4. The maximum Gasteiger partial charge on any atom is 0.233 e. The van der Waals surface area contributed by atoms with Gasteiger partial charge in [0.05, 0.1) is 17.2 Å². The van der Waals surface area contributed by atoms with Crippen LogP contribution >= 0.6 is 0 Å². The molecule has 1 atom stereocenters. The van der Waals surface area contributed by atoms with Crippen LogP contribution in [0.2, 0.25) is 0 Å². The van der Waals surface area contributed by atoms with E-state index in [2.05, 4.69) is 6.92 Å². The number of carbonyl (C=O) groups is 1. The smallest absolute Gasteiger partial charge is 0.233 e. The lowest BCUT2D eigenvalue weighted by Gasteiger charge is -2.57. The summed E-state index contributed by atoms with van der Waals surface area (Å²) in [6, 6.07) is 5.68. The van der Waals surface area contributed by atoms with Crippen LogP contribution in [0.4, 0.5) is 5.69 Å². The number of nitrogens with zero attached hydrogens (tertiary/aromatic N) is 1. The monoisotopic (exact) mass is 399 g/mol. The van der Waals surface area contributed by atoms with Crippen LogP contribution in [0.15, 0.2) is 29.7 Å². The van der Waals surface area contributed by atoms with Crippen LogP contribution in [0.25, 0.3) is 0 Å². The molecule has 0 unspecified atom stereocenters. The Balaban J connectivity index is 1.55. The highest BCUT2D eigenvalue weighted by Gasteiger charge is 2.56. The van der Waals surface area contributed by atoms with Crippen LogP contribution in [0.5, 0.6) is 0 Å². The Morgan fingerprint density at radius 1 is 1.00 bits per heavy atom. The molecule has 0 N–H and O–H groups in total. The second-order valence-electron chi connectivity index (χ2n) is 9.87. The van der Waals surface area contributed by atoms with E-state index in [1.165, 1.54) is 30.2 Å². The summed E-state index contributed by atoms with van der Waals surface area (Å²) in [7, 11) is -3.23. The lowest BCUT2D eigenvalue weighted by Crippen LogP contribution is -2.57. The first-order valence-electron chi connectivity index (χ1n) is 10.6. The lowest BCUT2D eigenvalue weighted by molar-refractivity contribution is -0.143. The summed E-state index contributed by atoms with van der Waals surface area (Å²) in [6.45, 7) is 4.11. The van der Waals surface area contributed by atoms with Crippen molar-refractivity contribution < 1.29 is 13.2 Å². The van der Waals surface area contributed by atoms with E-state index in [1.54, 1.807) is 6.08 Å². The zero-order valence-corrected chi connectivity index (χ0v) is 17.5. The molecule has 0 aromatic heterocycles.